The van der Waals surface area contributed by atoms with Gasteiger partial charge in [0.1, 0.15) is 0 Å². The summed E-state index contributed by atoms with van der Waals surface area (Å²) in [6.45, 7) is 7.61. The number of aryl methyl sites for hydroxylation is 1. The lowest BCUT2D eigenvalue weighted by molar-refractivity contribution is 0.185. The van der Waals surface area contributed by atoms with Crippen LogP contribution in [0.3, 0.4) is 0 Å². The van der Waals surface area contributed by atoms with Gasteiger partial charge >= 0.3 is 0 Å². The highest BCUT2D eigenvalue weighted by Crippen LogP contribution is 2.32. The van der Waals surface area contributed by atoms with Crippen molar-refractivity contribution in [2.75, 3.05) is 26.7 Å². The molecule has 1 aromatic heterocycles. The molecule has 2 rings (SSSR count). The van der Waals surface area contributed by atoms with Crippen LogP contribution >= 0.6 is 0 Å². The molecule has 0 bridgehead atoms. The Morgan fingerprint density at radius 2 is 2.21 bits per heavy atom. The van der Waals surface area contributed by atoms with Crippen LogP contribution in [0, 0.1) is 12.8 Å². The van der Waals surface area contributed by atoms with Gasteiger partial charge in [-0.2, -0.15) is 0 Å². The van der Waals surface area contributed by atoms with Crippen LogP contribution in [-0.4, -0.2) is 36.6 Å². The smallest absolute Gasteiger partial charge is 0.0578 e. The second kappa shape index (κ2) is 7.01. The SMILES string of the molecule is CCNCC1CCCCN(C)C1c1ccc(C)cn1. The van der Waals surface area contributed by atoms with E-state index in [9.17, 15) is 0 Å². The Balaban J connectivity index is 2.20. The lowest BCUT2D eigenvalue weighted by atomic mass is 9.91. The van der Waals surface area contributed by atoms with Crippen LogP contribution in [-0.2, 0) is 0 Å². The number of likely N-dealkylation sites (tertiary alicyclic amines) is 1. The number of aromatic nitrogens is 1. The predicted molar refractivity (Wildman–Crippen MR) is 80.2 cm³/mol. The van der Waals surface area contributed by atoms with Crippen molar-refractivity contribution < 1.29 is 0 Å². The normalized spacial score (nSPS) is 25.2. The van der Waals surface area contributed by atoms with Gasteiger partial charge in [-0.25, -0.2) is 0 Å². The zero-order chi connectivity index (χ0) is 13.7. The van der Waals surface area contributed by atoms with Gasteiger partial charge in [0, 0.05) is 6.20 Å². The Bertz CT molecular complexity index is 374. The van der Waals surface area contributed by atoms with Crippen molar-refractivity contribution in [1.82, 2.24) is 15.2 Å². The first-order chi connectivity index (χ1) is 9.22. The molecule has 0 saturated carbocycles. The molecule has 3 heteroatoms. The second-order valence-electron chi connectivity index (χ2n) is 5.75. The van der Waals surface area contributed by atoms with Crippen molar-refractivity contribution in [2.45, 2.75) is 39.2 Å². The van der Waals surface area contributed by atoms with Crippen LogP contribution in [0.2, 0.25) is 0 Å². The van der Waals surface area contributed by atoms with Gasteiger partial charge in [-0.05, 0) is 64.0 Å². The largest absolute Gasteiger partial charge is 0.317 e. The number of hydrogen-bond acceptors (Lipinski definition) is 3. The fourth-order valence-corrected chi connectivity index (χ4v) is 3.09. The number of nitrogens with zero attached hydrogens (tertiary/aromatic N) is 2. The first kappa shape index (κ1) is 14.5. The lowest BCUT2D eigenvalue weighted by Crippen LogP contribution is -2.35. The van der Waals surface area contributed by atoms with E-state index in [-0.39, 0.29) is 0 Å². The number of nitrogens with one attached hydrogen (secondary N) is 1. The van der Waals surface area contributed by atoms with Crippen LogP contribution in [0.25, 0.3) is 0 Å². The minimum absolute atomic E-state index is 0.460. The van der Waals surface area contributed by atoms with E-state index in [4.69, 9.17) is 0 Å². The van der Waals surface area contributed by atoms with Gasteiger partial charge in [0.05, 0.1) is 11.7 Å². The Morgan fingerprint density at radius 1 is 1.37 bits per heavy atom. The van der Waals surface area contributed by atoms with Gasteiger partial charge in [0.15, 0.2) is 0 Å². The van der Waals surface area contributed by atoms with Crippen molar-refractivity contribution in [2.24, 2.45) is 5.92 Å². The molecular formula is C16H27N3. The summed E-state index contributed by atoms with van der Waals surface area (Å²) in [5.41, 5.74) is 2.47. The fourth-order valence-electron chi connectivity index (χ4n) is 3.09. The molecular weight excluding hydrogens is 234 g/mol. The molecule has 1 saturated heterocycles. The van der Waals surface area contributed by atoms with Crippen LogP contribution in [0.15, 0.2) is 18.3 Å². The van der Waals surface area contributed by atoms with Crippen molar-refractivity contribution in [3.05, 3.63) is 29.6 Å². The summed E-state index contributed by atoms with van der Waals surface area (Å²) in [4.78, 5) is 7.18. The maximum absolute atomic E-state index is 4.68. The average molecular weight is 261 g/mol. The van der Waals surface area contributed by atoms with E-state index < -0.39 is 0 Å². The summed E-state index contributed by atoms with van der Waals surface area (Å²) < 4.78 is 0. The van der Waals surface area contributed by atoms with E-state index >= 15 is 0 Å². The molecule has 0 amide bonds. The molecule has 3 nitrogen and oxygen atoms in total. The maximum Gasteiger partial charge on any atom is 0.0578 e. The standard InChI is InChI=1S/C16H27N3/c1-4-17-12-14-7-5-6-10-19(3)16(14)15-9-8-13(2)11-18-15/h8-9,11,14,16-17H,4-7,10,12H2,1-3H3. The molecule has 1 N–H and O–H groups in total. The summed E-state index contributed by atoms with van der Waals surface area (Å²) in [6.07, 6.45) is 5.94. The Labute approximate surface area is 117 Å². The third-order valence-corrected chi connectivity index (χ3v) is 4.15. The monoisotopic (exact) mass is 261 g/mol. The van der Waals surface area contributed by atoms with E-state index in [1.54, 1.807) is 0 Å². The van der Waals surface area contributed by atoms with Gasteiger partial charge in [0.25, 0.3) is 0 Å². The van der Waals surface area contributed by atoms with Crippen LogP contribution < -0.4 is 5.32 Å². The molecule has 0 spiro atoms. The highest BCUT2D eigenvalue weighted by atomic mass is 15.1. The molecule has 0 radical (unpaired) electrons. The average Bonchev–Trinajstić information content (AvgIpc) is 2.59. The summed E-state index contributed by atoms with van der Waals surface area (Å²) in [6, 6.07) is 4.86. The summed E-state index contributed by atoms with van der Waals surface area (Å²) in [7, 11) is 2.25. The summed E-state index contributed by atoms with van der Waals surface area (Å²) in [5, 5.41) is 3.52. The van der Waals surface area contributed by atoms with Crippen molar-refractivity contribution in [1.29, 1.82) is 0 Å². The first-order valence-electron chi connectivity index (χ1n) is 7.56. The van der Waals surface area contributed by atoms with Crippen molar-refractivity contribution in [3.8, 4) is 0 Å². The molecule has 2 atom stereocenters. The van der Waals surface area contributed by atoms with Gasteiger partial charge in [-0.1, -0.05) is 19.4 Å². The molecule has 1 aromatic rings. The third kappa shape index (κ3) is 3.77. The van der Waals surface area contributed by atoms with E-state index in [0.717, 1.165) is 13.1 Å². The minimum Gasteiger partial charge on any atom is -0.317 e. The summed E-state index contributed by atoms with van der Waals surface area (Å²) in [5.74, 6) is 0.669. The molecule has 2 unspecified atom stereocenters. The summed E-state index contributed by atoms with van der Waals surface area (Å²) >= 11 is 0. The van der Waals surface area contributed by atoms with E-state index in [1.807, 2.05) is 6.20 Å². The zero-order valence-electron chi connectivity index (χ0n) is 12.5. The highest BCUT2D eigenvalue weighted by Gasteiger charge is 2.29. The Morgan fingerprint density at radius 3 is 2.89 bits per heavy atom. The van der Waals surface area contributed by atoms with Crippen LogP contribution in [0.5, 0.6) is 0 Å². The van der Waals surface area contributed by atoms with Crippen LogP contribution in [0.1, 0.15) is 43.5 Å². The quantitative estimate of drug-likeness (QED) is 0.903. The minimum atomic E-state index is 0.460. The van der Waals surface area contributed by atoms with Crippen LogP contribution in [0.4, 0.5) is 0 Å². The molecule has 106 valence electrons. The number of pyridine rings is 1. The third-order valence-electron chi connectivity index (χ3n) is 4.15. The predicted octanol–water partition coefficient (Wildman–Crippen LogP) is 2.77. The van der Waals surface area contributed by atoms with E-state index in [2.05, 4.69) is 48.2 Å². The maximum atomic E-state index is 4.68. The fraction of sp³-hybridized carbons (Fsp3) is 0.688. The van der Waals surface area contributed by atoms with E-state index in [0.29, 0.717) is 12.0 Å². The van der Waals surface area contributed by atoms with Gasteiger partial charge in [-0.3, -0.25) is 9.88 Å². The molecule has 1 aliphatic heterocycles. The second-order valence-corrected chi connectivity index (χ2v) is 5.75. The number of rotatable bonds is 4. The highest BCUT2D eigenvalue weighted by molar-refractivity contribution is 5.16. The Kier molecular flexibility index (Phi) is 5.34. The zero-order valence-corrected chi connectivity index (χ0v) is 12.5. The molecule has 1 aliphatic rings. The molecule has 19 heavy (non-hydrogen) atoms. The Hall–Kier alpha value is -0.930. The molecule has 2 heterocycles. The topological polar surface area (TPSA) is 28.2 Å². The molecule has 0 aromatic carbocycles. The van der Waals surface area contributed by atoms with Crippen molar-refractivity contribution >= 4 is 0 Å². The first-order valence-corrected chi connectivity index (χ1v) is 7.56. The molecule has 0 aliphatic carbocycles. The van der Waals surface area contributed by atoms with Gasteiger partial charge in [0.2, 0.25) is 0 Å². The number of hydrogen-bond donors (Lipinski definition) is 1. The van der Waals surface area contributed by atoms with Gasteiger partial charge < -0.3 is 5.32 Å². The lowest BCUT2D eigenvalue weighted by Gasteiger charge is -2.32. The molecule has 1 fully saturated rings. The van der Waals surface area contributed by atoms with Crippen molar-refractivity contribution in [3.63, 3.8) is 0 Å². The van der Waals surface area contributed by atoms with E-state index in [1.165, 1.54) is 37.1 Å². The van der Waals surface area contributed by atoms with Gasteiger partial charge in [-0.15, -0.1) is 0 Å².